The number of nitrogens with zero attached hydrogens (tertiary/aromatic N) is 1. The molecule has 118 valence electrons. The predicted molar refractivity (Wildman–Crippen MR) is 79.9 cm³/mol. The summed E-state index contributed by atoms with van der Waals surface area (Å²) in [6, 6.07) is 9.99. The van der Waals surface area contributed by atoms with Gasteiger partial charge in [0.1, 0.15) is 5.75 Å². The van der Waals surface area contributed by atoms with Gasteiger partial charge >= 0.3 is 6.61 Å². The second-order valence-corrected chi connectivity index (χ2v) is 5.90. The predicted octanol–water partition coefficient (Wildman–Crippen LogP) is 3.86. The molecule has 23 heavy (non-hydrogen) atoms. The Morgan fingerprint density at radius 3 is 2.52 bits per heavy atom. The molecule has 0 spiro atoms. The summed E-state index contributed by atoms with van der Waals surface area (Å²) in [4.78, 5) is 25.8. The van der Waals surface area contributed by atoms with Crippen LogP contribution in [0.25, 0.3) is 0 Å². The molecule has 1 aromatic carbocycles. The Hall–Kier alpha value is -2.59. The van der Waals surface area contributed by atoms with Gasteiger partial charge in [-0.3, -0.25) is 9.59 Å². The molecule has 0 saturated heterocycles. The number of halogens is 2. The molecular weight excluding hydrogens is 324 g/mol. The first-order chi connectivity index (χ1) is 10.9. The van der Waals surface area contributed by atoms with Crippen LogP contribution in [0.1, 0.15) is 24.9 Å². The van der Waals surface area contributed by atoms with Crippen molar-refractivity contribution >= 4 is 22.9 Å². The zero-order valence-corrected chi connectivity index (χ0v) is 12.8. The molecule has 1 heterocycles. The number of aryl methyl sites for hydroxylation is 1. The van der Waals surface area contributed by atoms with E-state index in [1.807, 2.05) is 0 Å². The third-order valence-electron chi connectivity index (χ3n) is 2.98. The van der Waals surface area contributed by atoms with Crippen LogP contribution in [0.3, 0.4) is 0 Å². The van der Waals surface area contributed by atoms with E-state index in [0.29, 0.717) is 4.88 Å². The van der Waals surface area contributed by atoms with Crippen molar-refractivity contribution in [3.8, 4) is 11.8 Å². The maximum Gasteiger partial charge on any atom is 0.387 e. The van der Waals surface area contributed by atoms with Crippen molar-refractivity contribution in [2.24, 2.45) is 5.92 Å². The molecule has 0 aliphatic rings. The lowest BCUT2D eigenvalue weighted by Gasteiger charge is -2.08. The Labute approximate surface area is 134 Å². The lowest BCUT2D eigenvalue weighted by molar-refractivity contribution is -0.0498. The number of carbonyl (C=O) groups is 2. The summed E-state index contributed by atoms with van der Waals surface area (Å²) >= 11 is 1.19. The number of nitriles is 1. The smallest absolute Gasteiger partial charge is 0.387 e. The molecule has 1 aromatic heterocycles. The van der Waals surface area contributed by atoms with Crippen molar-refractivity contribution in [2.75, 3.05) is 0 Å². The third kappa shape index (κ3) is 3.99. The van der Waals surface area contributed by atoms with Gasteiger partial charge in [0, 0.05) is 10.4 Å². The van der Waals surface area contributed by atoms with Crippen LogP contribution >= 0.6 is 11.3 Å². The highest BCUT2D eigenvalue weighted by Gasteiger charge is 2.29. The van der Waals surface area contributed by atoms with Crippen molar-refractivity contribution in [3.05, 3.63) is 51.7 Å². The topological polar surface area (TPSA) is 67.2 Å². The highest BCUT2D eigenvalue weighted by atomic mass is 32.1. The normalized spacial score (nSPS) is 11.8. The number of alkyl halides is 2. The second kappa shape index (κ2) is 7.11. The number of Topliss-reactive ketones (excluding diaryl/α,β-unsaturated/α-hetero) is 2. The number of rotatable bonds is 6. The first-order valence-corrected chi connectivity index (χ1v) is 7.33. The zero-order valence-electron chi connectivity index (χ0n) is 12.0. The highest BCUT2D eigenvalue weighted by molar-refractivity contribution is 7.14. The number of carbonyl (C=O) groups excluding carboxylic acids is 2. The van der Waals surface area contributed by atoms with Gasteiger partial charge in [-0.25, -0.2) is 0 Å². The van der Waals surface area contributed by atoms with E-state index >= 15 is 0 Å². The summed E-state index contributed by atoms with van der Waals surface area (Å²) in [6.07, 6.45) is 0. The molecule has 0 aliphatic heterocycles. The van der Waals surface area contributed by atoms with Gasteiger partial charge in [0.05, 0.1) is 10.9 Å². The summed E-state index contributed by atoms with van der Waals surface area (Å²) in [5.74, 6) is -3.07. The van der Waals surface area contributed by atoms with Crippen LogP contribution in [-0.2, 0) is 0 Å². The van der Waals surface area contributed by atoms with Crippen LogP contribution in [0.2, 0.25) is 0 Å². The fraction of sp³-hybridized carbons (Fsp3) is 0.188. The number of thiophene rings is 1. The molecule has 0 amide bonds. The summed E-state index contributed by atoms with van der Waals surface area (Å²) < 4.78 is 28.7. The highest BCUT2D eigenvalue weighted by Crippen LogP contribution is 2.23. The lowest BCUT2D eigenvalue weighted by Crippen LogP contribution is -2.22. The van der Waals surface area contributed by atoms with E-state index in [4.69, 9.17) is 0 Å². The van der Waals surface area contributed by atoms with E-state index in [1.54, 1.807) is 25.1 Å². The third-order valence-corrected chi connectivity index (χ3v) is 4.00. The SMILES string of the molecule is Cc1ccc(C(=O)C(C#N)C(=O)c2cccc(OC(F)F)c2)s1. The Balaban J connectivity index is 2.27. The fourth-order valence-corrected chi connectivity index (χ4v) is 2.78. The van der Waals surface area contributed by atoms with Crippen LogP contribution in [0.4, 0.5) is 8.78 Å². The van der Waals surface area contributed by atoms with E-state index < -0.39 is 24.1 Å². The van der Waals surface area contributed by atoms with Gasteiger partial charge in [-0.15, -0.1) is 11.3 Å². The van der Waals surface area contributed by atoms with Gasteiger partial charge < -0.3 is 4.74 Å². The monoisotopic (exact) mass is 335 g/mol. The molecule has 0 aliphatic carbocycles. The average Bonchev–Trinajstić information content (AvgIpc) is 2.94. The quantitative estimate of drug-likeness (QED) is 0.594. The maximum absolute atomic E-state index is 12.4. The van der Waals surface area contributed by atoms with E-state index in [0.717, 1.165) is 10.9 Å². The second-order valence-electron chi connectivity index (χ2n) is 4.61. The minimum absolute atomic E-state index is 0.0312. The number of ketones is 2. The van der Waals surface area contributed by atoms with Crippen molar-refractivity contribution in [3.63, 3.8) is 0 Å². The number of benzene rings is 1. The van der Waals surface area contributed by atoms with E-state index in [1.165, 1.54) is 29.5 Å². The first kappa shape index (κ1) is 16.8. The molecule has 0 N–H and O–H groups in total. The van der Waals surface area contributed by atoms with E-state index in [-0.39, 0.29) is 11.3 Å². The van der Waals surface area contributed by atoms with Gasteiger partial charge in [0.15, 0.2) is 17.5 Å². The van der Waals surface area contributed by atoms with Crippen molar-refractivity contribution < 1.29 is 23.1 Å². The van der Waals surface area contributed by atoms with E-state index in [9.17, 15) is 23.6 Å². The van der Waals surface area contributed by atoms with Crippen LogP contribution < -0.4 is 4.74 Å². The minimum Gasteiger partial charge on any atom is -0.435 e. The van der Waals surface area contributed by atoms with Gasteiger partial charge in [-0.1, -0.05) is 12.1 Å². The number of hydrogen-bond acceptors (Lipinski definition) is 5. The largest absolute Gasteiger partial charge is 0.435 e. The van der Waals surface area contributed by atoms with Crippen molar-refractivity contribution in [1.82, 2.24) is 0 Å². The van der Waals surface area contributed by atoms with Gasteiger partial charge in [-0.2, -0.15) is 14.0 Å². The first-order valence-electron chi connectivity index (χ1n) is 6.51. The molecule has 7 heteroatoms. The average molecular weight is 335 g/mol. The van der Waals surface area contributed by atoms with Gasteiger partial charge in [0.25, 0.3) is 0 Å². The molecule has 1 atom stereocenters. The van der Waals surface area contributed by atoms with Crippen LogP contribution in [0.15, 0.2) is 36.4 Å². The zero-order chi connectivity index (χ0) is 17.0. The molecule has 4 nitrogen and oxygen atoms in total. The van der Waals surface area contributed by atoms with Crippen LogP contribution in [0, 0.1) is 24.2 Å². The van der Waals surface area contributed by atoms with Gasteiger partial charge in [-0.05, 0) is 31.2 Å². The van der Waals surface area contributed by atoms with Crippen LogP contribution in [0.5, 0.6) is 5.75 Å². The Morgan fingerprint density at radius 1 is 1.22 bits per heavy atom. The van der Waals surface area contributed by atoms with Crippen molar-refractivity contribution in [1.29, 1.82) is 5.26 Å². The molecule has 0 bridgehead atoms. The molecule has 2 aromatic rings. The van der Waals surface area contributed by atoms with E-state index in [2.05, 4.69) is 4.74 Å². The summed E-state index contributed by atoms with van der Waals surface area (Å²) in [5, 5.41) is 9.17. The maximum atomic E-state index is 12.4. The summed E-state index contributed by atoms with van der Waals surface area (Å²) in [6.45, 7) is -1.22. The minimum atomic E-state index is -3.03. The Morgan fingerprint density at radius 2 is 1.96 bits per heavy atom. The van der Waals surface area contributed by atoms with Crippen LogP contribution in [-0.4, -0.2) is 18.2 Å². The van der Waals surface area contributed by atoms with Crippen molar-refractivity contribution in [2.45, 2.75) is 13.5 Å². The molecular formula is C16H11F2NO3S. The molecule has 2 rings (SSSR count). The summed E-state index contributed by atoms with van der Waals surface area (Å²) in [5.41, 5.74) is -0.0312. The fourth-order valence-electron chi connectivity index (χ4n) is 1.94. The molecule has 0 fully saturated rings. The standard InChI is InChI=1S/C16H11F2NO3S/c1-9-5-6-13(23-9)15(21)12(8-19)14(20)10-3-2-4-11(7-10)22-16(17)18/h2-7,12,16H,1H3. The number of hydrogen-bond donors (Lipinski definition) is 0. The Bertz CT molecular complexity index is 780. The molecule has 0 saturated carbocycles. The number of ether oxygens (including phenoxy) is 1. The molecule has 1 unspecified atom stereocenters. The summed E-state index contributed by atoms with van der Waals surface area (Å²) in [7, 11) is 0. The lowest BCUT2D eigenvalue weighted by atomic mass is 9.94. The van der Waals surface area contributed by atoms with Gasteiger partial charge in [0.2, 0.25) is 0 Å². The Kier molecular flexibility index (Phi) is 5.19. The molecule has 0 radical (unpaired) electrons.